The Labute approximate surface area is 123 Å². The Bertz CT molecular complexity index is 451. The second kappa shape index (κ2) is 7.05. The first-order valence-corrected chi connectivity index (χ1v) is 6.29. The third kappa shape index (κ3) is 4.04. The van der Waals surface area contributed by atoms with Crippen LogP contribution in [-0.4, -0.2) is 36.0 Å². The van der Waals surface area contributed by atoms with Gasteiger partial charge in [-0.2, -0.15) is 0 Å². The van der Waals surface area contributed by atoms with E-state index in [0.29, 0.717) is 17.6 Å². The van der Waals surface area contributed by atoms with E-state index in [9.17, 15) is 10.1 Å². The van der Waals surface area contributed by atoms with E-state index in [1.54, 1.807) is 6.07 Å². The van der Waals surface area contributed by atoms with Crippen LogP contribution in [0.3, 0.4) is 0 Å². The van der Waals surface area contributed by atoms with Gasteiger partial charge >= 0.3 is 0 Å². The highest BCUT2D eigenvalue weighted by Crippen LogP contribution is 2.24. The largest absolute Gasteiger partial charge is 0.315 e. The van der Waals surface area contributed by atoms with Gasteiger partial charge in [0.15, 0.2) is 0 Å². The van der Waals surface area contributed by atoms with Gasteiger partial charge in [-0.25, -0.2) is 0 Å². The smallest absolute Gasteiger partial charge is 0.270 e. The number of nitro benzene ring substituents is 1. The minimum absolute atomic E-state index is 0. The second-order valence-corrected chi connectivity index (χ2v) is 5.00. The molecule has 0 spiro atoms. The Morgan fingerprint density at radius 1 is 1.58 bits per heavy atom. The van der Waals surface area contributed by atoms with E-state index in [1.807, 2.05) is 0 Å². The molecular weight excluding hydrogens is 289 g/mol. The lowest BCUT2D eigenvalue weighted by molar-refractivity contribution is -0.384. The third-order valence-corrected chi connectivity index (χ3v) is 3.68. The molecule has 2 rings (SSSR count). The van der Waals surface area contributed by atoms with E-state index in [2.05, 4.69) is 17.3 Å². The van der Waals surface area contributed by atoms with Gasteiger partial charge in [-0.15, -0.1) is 12.4 Å². The van der Waals surface area contributed by atoms with Crippen LogP contribution in [0.1, 0.15) is 12.0 Å². The molecule has 1 aromatic carbocycles. The standard InChI is InChI=1S/C12H16ClN3O2.ClH/c1-15(11-4-5-14-7-11)8-9-2-3-10(16(17)18)6-12(9)13;/h2-3,6,11,14H,4-5,7-8H2,1H3;1H. The minimum atomic E-state index is -0.430. The van der Waals surface area contributed by atoms with E-state index < -0.39 is 4.92 Å². The lowest BCUT2D eigenvalue weighted by Gasteiger charge is -2.23. The Kier molecular flexibility index (Phi) is 6.00. The van der Waals surface area contributed by atoms with Crippen molar-refractivity contribution in [2.24, 2.45) is 0 Å². The van der Waals surface area contributed by atoms with Crippen LogP contribution in [0.5, 0.6) is 0 Å². The summed E-state index contributed by atoms with van der Waals surface area (Å²) in [4.78, 5) is 12.4. The maximum Gasteiger partial charge on any atom is 0.270 e. The molecule has 0 amide bonds. The molecule has 106 valence electrons. The Morgan fingerprint density at radius 3 is 2.84 bits per heavy atom. The van der Waals surface area contributed by atoms with Gasteiger partial charge in [0.25, 0.3) is 5.69 Å². The van der Waals surface area contributed by atoms with Crippen LogP contribution >= 0.6 is 24.0 Å². The van der Waals surface area contributed by atoms with Gasteiger partial charge in [0, 0.05) is 31.3 Å². The van der Waals surface area contributed by atoms with Gasteiger partial charge in [0.05, 0.1) is 9.95 Å². The minimum Gasteiger partial charge on any atom is -0.315 e. The van der Waals surface area contributed by atoms with Crippen molar-refractivity contribution in [1.82, 2.24) is 10.2 Å². The van der Waals surface area contributed by atoms with Gasteiger partial charge < -0.3 is 5.32 Å². The Balaban J connectivity index is 0.00000180. The van der Waals surface area contributed by atoms with Gasteiger partial charge in [0.2, 0.25) is 0 Å². The number of nitro groups is 1. The Morgan fingerprint density at radius 2 is 2.32 bits per heavy atom. The zero-order chi connectivity index (χ0) is 13.1. The third-order valence-electron chi connectivity index (χ3n) is 3.32. The van der Waals surface area contributed by atoms with Crippen LogP contribution in [0, 0.1) is 10.1 Å². The average molecular weight is 306 g/mol. The van der Waals surface area contributed by atoms with Crippen LogP contribution in [0.2, 0.25) is 5.02 Å². The maximum absolute atomic E-state index is 10.6. The van der Waals surface area contributed by atoms with Crippen LogP contribution in [0.25, 0.3) is 0 Å². The number of non-ortho nitro benzene ring substituents is 1. The van der Waals surface area contributed by atoms with Crippen LogP contribution in [-0.2, 0) is 6.54 Å². The topological polar surface area (TPSA) is 58.4 Å². The molecule has 1 atom stereocenters. The molecule has 0 aromatic heterocycles. The van der Waals surface area contributed by atoms with Crippen LogP contribution < -0.4 is 5.32 Å². The molecule has 1 fully saturated rings. The zero-order valence-electron chi connectivity index (χ0n) is 10.6. The summed E-state index contributed by atoms with van der Waals surface area (Å²) in [7, 11) is 2.05. The van der Waals surface area contributed by atoms with Crippen molar-refractivity contribution in [3.8, 4) is 0 Å². The van der Waals surface area contributed by atoms with Crippen molar-refractivity contribution in [3.63, 3.8) is 0 Å². The fraction of sp³-hybridized carbons (Fsp3) is 0.500. The molecule has 1 saturated heterocycles. The highest BCUT2D eigenvalue weighted by atomic mass is 35.5. The summed E-state index contributed by atoms with van der Waals surface area (Å²) in [6, 6.07) is 5.16. The van der Waals surface area contributed by atoms with Crippen molar-refractivity contribution in [3.05, 3.63) is 38.9 Å². The molecule has 0 bridgehead atoms. The number of hydrogen-bond donors (Lipinski definition) is 1. The molecule has 1 aliphatic heterocycles. The average Bonchev–Trinajstić information content (AvgIpc) is 2.85. The first-order valence-electron chi connectivity index (χ1n) is 5.91. The van der Waals surface area contributed by atoms with Crippen molar-refractivity contribution < 1.29 is 4.92 Å². The molecule has 0 saturated carbocycles. The first-order chi connectivity index (χ1) is 8.58. The summed E-state index contributed by atoms with van der Waals surface area (Å²) in [6.07, 6.45) is 1.13. The number of nitrogens with zero attached hydrogens (tertiary/aromatic N) is 2. The highest BCUT2D eigenvalue weighted by molar-refractivity contribution is 6.31. The normalized spacial score (nSPS) is 18.4. The van der Waals surface area contributed by atoms with E-state index in [4.69, 9.17) is 11.6 Å². The molecule has 7 heteroatoms. The fourth-order valence-corrected chi connectivity index (χ4v) is 2.43. The van der Waals surface area contributed by atoms with Crippen molar-refractivity contribution in [1.29, 1.82) is 0 Å². The molecule has 19 heavy (non-hydrogen) atoms. The van der Waals surface area contributed by atoms with Crippen molar-refractivity contribution in [2.75, 3.05) is 20.1 Å². The fourth-order valence-electron chi connectivity index (χ4n) is 2.19. The molecule has 0 aliphatic carbocycles. The summed E-state index contributed by atoms with van der Waals surface area (Å²) in [5.41, 5.74) is 0.964. The molecule has 1 unspecified atom stereocenters. The molecule has 1 aliphatic rings. The predicted octanol–water partition coefficient (Wildman–Crippen LogP) is 2.46. The maximum atomic E-state index is 10.6. The number of benzene rings is 1. The summed E-state index contributed by atoms with van der Waals surface area (Å²) in [6.45, 7) is 2.74. The van der Waals surface area contributed by atoms with Crippen LogP contribution in [0.15, 0.2) is 18.2 Å². The summed E-state index contributed by atoms with van der Waals surface area (Å²) >= 11 is 6.08. The monoisotopic (exact) mass is 305 g/mol. The van der Waals surface area contributed by atoms with Gasteiger partial charge in [-0.05, 0) is 31.6 Å². The van der Waals surface area contributed by atoms with E-state index in [1.165, 1.54) is 12.1 Å². The highest BCUT2D eigenvalue weighted by Gasteiger charge is 2.20. The van der Waals surface area contributed by atoms with E-state index >= 15 is 0 Å². The quantitative estimate of drug-likeness (QED) is 0.686. The first kappa shape index (κ1) is 16.2. The molecule has 1 N–H and O–H groups in total. The van der Waals surface area contributed by atoms with E-state index in [-0.39, 0.29) is 18.1 Å². The number of hydrogen-bond acceptors (Lipinski definition) is 4. The summed E-state index contributed by atoms with van der Waals surface area (Å²) in [5, 5.41) is 14.4. The second-order valence-electron chi connectivity index (χ2n) is 4.59. The predicted molar refractivity (Wildman–Crippen MR) is 78.1 cm³/mol. The van der Waals surface area contributed by atoms with Crippen molar-refractivity contribution in [2.45, 2.75) is 19.0 Å². The van der Waals surface area contributed by atoms with Crippen molar-refractivity contribution >= 4 is 29.7 Å². The zero-order valence-corrected chi connectivity index (χ0v) is 12.2. The molecule has 1 aromatic rings. The Hall–Kier alpha value is -0.880. The molecule has 5 nitrogen and oxygen atoms in total. The molecule has 0 radical (unpaired) electrons. The number of halogens is 2. The lowest BCUT2D eigenvalue weighted by Crippen LogP contribution is -2.32. The lowest BCUT2D eigenvalue weighted by atomic mass is 10.1. The summed E-state index contributed by atoms with van der Waals surface area (Å²) in [5.74, 6) is 0. The SMILES string of the molecule is CN(Cc1ccc([N+](=O)[O-])cc1Cl)C1CCNC1.Cl. The van der Waals surface area contributed by atoms with Gasteiger partial charge in [0.1, 0.15) is 0 Å². The number of likely N-dealkylation sites (N-methyl/N-ethyl adjacent to an activating group) is 1. The van der Waals surface area contributed by atoms with Crippen LogP contribution in [0.4, 0.5) is 5.69 Å². The summed E-state index contributed by atoms with van der Waals surface area (Å²) < 4.78 is 0. The van der Waals surface area contributed by atoms with Gasteiger partial charge in [-0.3, -0.25) is 15.0 Å². The van der Waals surface area contributed by atoms with Gasteiger partial charge in [-0.1, -0.05) is 11.6 Å². The number of rotatable bonds is 4. The number of nitrogens with one attached hydrogen (secondary N) is 1. The molecule has 1 heterocycles. The van der Waals surface area contributed by atoms with E-state index in [0.717, 1.165) is 25.1 Å². The molecular formula is C12H17Cl2N3O2.